The molecule has 0 amide bonds. The molecule has 118 valence electrons. The minimum Gasteiger partial charge on any atom is -0.313 e. The number of benzene rings is 1. The average Bonchev–Trinajstić information content (AvgIpc) is 2.46. The van der Waals surface area contributed by atoms with Crippen LogP contribution in [0.25, 0.3) is 0 Å². The van der Waals surface area contributed by atoms with E-state index in [4.69, 9.17) is 11.6 Å². The van der Waals surface area contributed by atoms with Crippen molar-refractivity contribution in [2.75, 3.05) is 19.6 Å². The van der Waals surface area contributed by atoms with Gasteiger partial charge in [0, 0.05) is 24.7 Å². The zero-order chi connectivity index (χ0) is 15.5. The lowest BCUT2D eigenvalue weighted by Gasteiger charge is -2.29. The lowest BCUT2D eigenvalue weighted by molar-refractivity contribution is 0.288. The van der Waals surface area contributed by atoms with Crippen LogP contribution in [0.4, 0.5) is 0 Å². The van der Waals surface area contributed by atoms with Gasteiger partial charge in [0.15, 0.2) is 0 Å². The van der Waals surface area contributed by atoms with Gasteiger partial charge in [0.05, 0.1) is 4.90 Å². The summed E-state index contributed by atoms with van der Waals surface area (Å²) in [6.07, 6.45) is 1.86. The normalized spacial score (nSPS) is 18.0. The Hall–Kier alpha value is -0.620. The Bertz CT molecular complexity index is 581. The molecule has 21 heavy (non-hydrogen) atoms. The number of halogens is 1. The number of piperidine rings is 1. The highest BCUT2D eigenvalue weighted by Gasteiger charge is 2.28. The molecule has 1 saturated heterocycles. The van der Waals surface area contributed by atoms with Gasteiger partial charge < -0.3 is 5.32 Å². The Morgan fingerprint density at radius 2 is 2.00 bits per heavy atom. The molecule has 1 heterocycles. The maximum Gasteiger partial charge on any atom is 0.243 e. The van der Waals surface area contributed by atoms with Crippen LogP contribution in [0.2, 0.25) is 5.02 Å². The van der Waals surface area contributed by atoms with Crippen LogP contribution in [0, 0.1) is 5.92 Å². The summed E-state index contributed by atoms with van der Waals surface area (Å²) in [4.78, 5) is 0.342. The molecule has 0 radical (unpaired) electrons. The third kappa shape index (κ3) is 3.97. The van der Waals surface area contributed by atoms with Gasteiger partial charge in [0.25, 0.3) is 0 Å². The Labute approximate surface area is 132 Å². The van der Waals surface area contributed by atoms with Crippen LogP contribution in [-0.4, -0.2) is 32.4 Å². The number of nitrogens with zero attached hydrogens (tertiary/aromatic N) is 1. The second-order valence-corrected chi connectivity index (χ2v) is 7.97. The van der Waals surface area contributed by atoms with Crippen molar-refractivity contribution < 1.29 is 8.42 Å². The summed E-state index contributed by atoms with van der Waals surface area (Å²) in [5.74, 6) is 0.603. The summed E-state index contributed by atoms with van der Waals surface area (Å²) >= 11 is 6.14. The van der Waals surface area contributed by atoms with Gasteiger partial charge in [-0.15, -0.1) is 0 Å². The van der Waals surface area contributed by atoms with E-state index in [1.54, 1.807) is 22.5 Å². The van der Waals surface area contributed by atoms with Gasteiger partial charge in [-0.05, 0) is 49.1 Å². The molecule has 0 aliphatic carbocycles. The lowest BCUT2D eigenvalue weighted by Crippen LogP contribution is -2.37. The van der Waals surface area contributed by atoms with E-state index < -0.39 is 10.0 Å². The van der Waals surface area contributed by atoms with E-state index in [1.165, 1.54) is 0 Å². The average molecular weight is 331 g/mol. The zero-order valence-corrected chi connectivity index (χ0v) is 14.2. The number of sulfonamides is 1. The first-order chi connectivity index (χ1) is 9.95. The Kier molecular flexibility index (Phi) is 5.66. The van der Waals surface area contributed by atoms with Crippen LogP contribution in [0.1, 0.15) is 32.3 Å². The van der Waals surface area contributed by atoms with Crippen LogP contribution < -0.4 is 5.32 Å². The third-order valence-corrected chi connectivity index (χ3v) is 6.23. The molecule has 1 aromatic rings. The fraction of sp³-hybridized carbons (Fsp3) is 0.600. The molecule has 2 rings (SSSR count). The van der Waals surface area contributed by atoms with E-state index >= 15 is 0 Å². The fourth-order valence-corrected chi connectivity index (χ4v) is 4.19. The molecule has 6 heteroatoms. The molecule has 1 aliphatic rings. The molecule has 4 nitrogen and oxygen atoms in total. The van der Waals surface area contributed by atoms with E-state index in [2.05, 4.69) is 12.2 Å². The second-order valence-electron chi connectivity index (χ2n) is 5.62. The molecule has 1 aromatic carbocycles. The van der Waals surface area contributed by atoms with Gasteiger partial charge in [-0.25, -0.2) is 8.42 Å². The summed E-state index contributed by atoms with van der Waals surface area (Å²) in [6.45, 7) is 6.78. The van der Waals surface area contributed by atoms with E-state index in [9.17, 15) is 8.42 Å². The molecule has 0 atom stereocenters. The van der Waals surface area contributed by atoms with E-state index in [0.29, 0.717) is 35.5 Å². The largest absolute Gasteiger partial charge is 0.313 e. The number of nitrogens with one attached hydrogen (secondary N) is 1. The van der Waals surface area contributed by atoms with Gasteiger partial charge in [0.2, 0.25) is 10.0 Å². The van der Waals surface area contributed by atoms with Gasteiger partial charge >= 0.3 is 0 Å². The summed E-state index contributed by atoms with van der Waals surface area (Å²) in [5.41, 5.74) is 0.824. The first-order valence-corrected chi connectivity index (χ1v) is 9.26. The molecule has 1 aliphatic heterocycles. The molecule has 0 saturated carbocycles. The Balaban J connectivity index is 2.23. The molecule has 0 bridgehead atoms. The van der Waals surface area contributed by atoms with Gasteiger partial charge in [-0.2, -0.15) is 4.31 Å². The molecule has 1 fully saturated rings. The number of hydrogen-bond acceptors (Lipinski definition) is 3. The van der Waals surface area contributed by atoms with Crippen molar-refractivity contribution in [3.05, 3.63) is 28.8 Å². The molecular formula is C15H23ClN2O2S. The predicted molar refractivity (Wildman–Crippen MR) is 86.0 cm³/mol. The monoisotopic (exact) mass is 330 g/mol. The maximum atomic E-state index is 12.7. The standard InChI is InChI=1S/C15H23ClN2O2S/c1-3-17-11-13-10-14(4-5-15(13)16)21(19,20)18-8-6-12(2)7-9-18/h4-5,10,12,17H,3,6-9,11H2,1-2H3. The van der Waals surface area contributed by atoms with Crippen LogP contribution >= 0.6 is 11.6 Å². The topological polar surface area (TPSA) is 49.4 Å². The highest BCUT2D eigenvalue weighted by molar-refractivity contribution is 7.89. The number of rotatable bonds is 5. The molecular weight excluding hydrogens is 308 g/mol. The molecule has 1 N–H and O–H groups in total. The first kappa shape index (κ1) is 16.7. The highest BCUT2D eigenvalue weighted by atomic mass is 35.5. The van der Waals surface area contributed by atoms with Crippen LogP contribution in [0.3, 0.4) is 0 Å². The van der Waals surface area contributed by atoms with Crippen LogP contribution in [-0.2, 0) is 16.6 Å². The van der Waals surface area contributed by atoms with Crippen molar-refractivity contribution >= 4 is 21.6 Å². The van der Waals surface area contributed by atoms with Gasteiger partial charge in [-0.3, -0.25) is 0 Å². The van der Waals surface area contributed by atoms with Crippen molar-refractivity contribution in [2.24, 2.45) is 5.92 Å². The fourth-order valence-electron chi connectivity index (χ4n) is 2.48. The Morgan fingerprint density at radius 3 is 2.62 bits per heavy atom. The molecule has 0 aromatic heterocycles. The third-order valence-electron chi connectivity index (χ3n) is 3.96. The minimum absolute atomic E-state index is 0.342. The summed E-state index contributed by atoms with van der Waals surface area (Å²) in [5, 5.41) is 3.78. The van der Waals surface area contributed by atoms with Crippen LogP contribution in [0.5, 0.6) is 0 Å². The zero-order valence-electron chi connectivity index (χ0n) is 12.6. The SMILES string of the molecule is CCNCc1cc(S(=O)(=O)N2CCC(C)CC2)ccc1Cl. The van der Waals surface area contributed by atoms with E-state index in [1.807, 2.05) is 6.92 Å². The van der Waals surface area contributed by atoms with Crippen molar-refractivity contribution in [1.82, 2.24) is 9.62 Å². The minimum atomic E-state index is -3.40. The van der Waals surface area contributed by atoms with Crippen LogP contribution in [0.15, 0.2) is 23.1 Å². The summed E-state index contributed by atoms with van der Waals surface area (Å²) < 4.78 is 27.0. The second kappa shape index (κ2) is 7.09. The highest BCUT2D eigenvalue weighted by Crippen LogP contribution is 2.26. The molecule has 0 unspecified atom stereocenters. The van der Waals surface area contributed by atoms with Gasteiger partial charge in [-0.1, -0.05) is 25.4 Å². The summed E-state index contributed by atoms with van der Waals surface area (Å²) in [6, 6.07) is 4.97. The summed E-state index contributed by atoms with van der Waals surface area (Å²) in [7, 11) is -3.40. The smallest absolute Gasteiger partial charge is 0.243 e. The Morgan fingerprint density at radius 1 is 1.33 bits per heavy atom. The lowest BCUT2D eigenvalue weighted by atomic mass is 10.0. The van der Waals surface area contributed by atoms with E-state index in [0.717, 1.165) is 24.9 Å². The predicted octanol–water partition coefficient (Wildman–Crippen LogP) is 2.87. The van der Waals surface area contributed by atoms with E-state index in [-0.39, 0.29) is 0 Å². The molecule has 0 spiro atoms. The van der Waals surface area contributed by atoms with Crippen molar-refractivity contribution in [3.63, 3.8) is 0 Å². The maximum absolute atomic E-state index is 12.7. The van der Waals surface area contributed by atoms with Gasteiger partial charge in [0.1, 0.15) is 0 Å². The first-order valence-electron chi connectivity index (χ1n) is 7.44. The van der Waals surface area contributed by atoms with Crippen molar-refractivity contribution in [1.29, 1.82) is 0 Å². The van der Waals surface area contributed by atoms with Crippen molar-refractivity contribution in [3.8, 4) is 0 Å². The quantitative estimate of drug-likeness (QED) is 0.903. The number of hydrogen-bond donors (Lipinski definition) is 1. The van der Waals surface area contributed by atoms with Crippen molar-refractivity contribution in [2.45, 2.75) is 38.1 Å².